The summed E-state index contributed by atoms with van der Waals surface area (Å²) in [7, 11) is 0. The van der Waals surface area contributed by atoms with Crippen molar-refractivity contribution < 1.29 is 14.3 Å². The Kier molecular flexibility index (Phi) is 5.14. The van der Waals surface area contributed by atoms with Crippen LogP contribution in [0.5, 0.6) is 5.75 Å². The molecule has 25 heavy (non-hydrogen) atoms. The number of carbonyl (C=O) groups is 1. The highest BCUT2D eigenvalue weighted by Crippen LogP contribution is 2.35. The zero-order valence-electron chi connectivity index (χ0n) is 14.0. The summed E-state index contributed by atoms with van der Waals surface area (Å²) in [5.41, 5.74) is 1.86. The average Bonchev–Trinajstić information content (AvgIpc) is 3.04. The van der Waals surface area contributed by atoms with Gasteiger partial charge < -0.3 is 9.52 Å². The third kappa shape index (κ3) is 3.88. The summed E-state index contributed by atoms with van der Waals surface area (Å²) in [6.07, 6.45) is 2.18. The first-order chi connectivity index (χ1) is 12.2. The van der Waals surface area contributed by atoms with E-state index in [0.29, 0.717) is 23.6 Å². The van der Waals surface area contributed by atoms with Crippen LogP contribution in [0.2, 0.25) is 0 Å². The summed E-state index contributed by atoms with van der Waals surface area (Å²) in [6, 6.07) is 16.3. The Bertz CT molecular complexity index is 856. The lowest BCUT2D eigenvalue weighted by molar-refractivity contribution is -0.116. The van der Waals surface area contributed by atoms with Gasteiger partial charge >= 0.3 is 0 Å². The maximum absolute atomic E-state index is 12.1. The minimum Gasteiger partial charge on any atom is -0.507 e. The number of rotatable bonds is 6. The molecule has 3 aromatic rings. The van der Waals surface area contributed by atoms with Crippen LogP contribution in [0.1, 0.15) is 26.2 Å². The monoisotopic (exact) mass is 336 g/mol. The first-order valence-corrected chi connectivity index (χ1v) is 8.33. The van der Waals surface area contributed by atoms with Crippen LogP contribution in [0.4, 0.5) is 5.88 Å². The Morgan fingerprint density at radius 1 is 1.12 bits per heavy atom. The lowest BCUT2D eigenvalue weighted by Crippen LogP contribution is -2.11. The Hall–Kier alpha value is -3.08. The van der Waals surface area contributed by atoms with Crippen LogP contribution in [-0.4, -0.2) is 16.0 Å². The number of aromatic nitrogens is 1. The summed E-state index contributed by atoms with van der Waals surface area (Å²) in [5, 5.41) is 12.8. The summed E-state index contributed by atoms with van der Waals surface area (Å²) in [5.74, 6) is 0.527. The third-order valence-corrected chi connectivity index (χ3v) is 3.82. The van der Waals surface area contributed by atoms with Gasteiger partial charge in [-0.05, 0) is 18.6 Å². The topological polar surface area (TPSA) is 75.4 Å². The first-order valence-electron chi connectivity index (χ1n) is 8.33. The number of amides is 1. The molecule has 0 atom stereocenters. The normalized spacial score (nSPS) is 10.6. The van der Waals surface area contributed by atoms with E-state index in [-0.39, 0.29) is 17.5 Å². The highest BCUT2D eigenvalue weighted by Gasteiger charge is 2.19. The van der Waals surface area contributed by atoms with Crippen molar-refractivity contribution in [2.24, 2.45) is 0 Å². The van der Waals surface area contributed by atoms with Crippen molar-refractivity contribution in [3.8, 4) is 28.5 Å². The van der Waals surface area contributed by atoms with Gasteiger partial charge in [0.05, 0.1) is 5.56 Å². The number of carbonyl (C=O) groups excluding carboxylic acids is 1. The molecule has 0 saturated heterocycles. The van der Waals surface area contributed by atoms with Crippen molar-refractivity contribution in [2.75, 3.05) is 5.32 Å². The maximum atomic E-state index is 12.1. The van der Waals surface area contributed by atoms with Crippen molar-refractivity contribution in [1.29, 1.82) is 0 Å². The van der Waals surface area contributed by atoms with Gasteiger partial charge in [-0.25, -0.2) is 4.98 Å². The summed E-state index contributed by atoms with van der Waals surface area (Å²) in [6.45, 7) is 2.04. The molecule has 0 aliphatic heterocycles. The SMILES string of the molecule is CCCCC(=O)Nc1oc(-c2ccccc2O)nc1-c1ccccc1. The molecule has 0 fully saturated rings. The van der Waals surface area contributed by atoms with Crippen LogP contribution in [0.25, 0.3) is 22.7 Å². The molecule has 2 aromatic carbocycles. The molecular weight excluding hydrogens is 316 g/mol. The zero-order chi connectivity index (χ0) is 17.6. The second-order valence-electron chi connectivity index (χ2n) is 5.73. The van der Waals surface area contributed by atoms with Crippen molar-refractivity contribution in [2.45, 2.75) is 26.2 Å². The number of oxazole rings is 1. The fourth-order valence-electron chi connectivity index (χ4n) is 2.49. The highest BCUT2D eigenvalue weighted by molar-refractivity contribution is 5.93. The second kappa shape index (κ2) is 7.66. The molecule has 1 heterocycles. The second-order valence-corrected chi connectivity index (χ2v) is 5.73. The highest BCUT2D eigenvalue weighted by atomic mass is 16.4. The Morgan fingerprint density at radius 3 is 2.56 bits per heavy atom. The van der Waals surface area contributed by atoms with E-state index in [1.54, 1.807) is 24.3 Å². The van der Waals surface area contributed by atoms with E-state index >= 15 is 0 Å². The Labute approximate surface area is 146 Å². The van der Waals surface area contributed by atoms with Crippen LogP contribution >= 0.6 is 0 Å². The van der Waals surface area contributed by atoms with Crippen LogP contribution in [0.15, 0.2) is 59.0 Å². The molecule has 2 N–H and O–H groups in total. The van der Waals surface area contributed by atoms with Gasteiger partial charge in [0, 0.05) is 12.0 Å². The van der Waals surface area contributed by atoms with E-state index in [1.165, 1.54) is 0 Å². The smallest absolute Gasteiger partial charge is 0.233 e. The summed E-state index contributed by atoms with van der Waals surface area (Å²) in [4.78, 5) is 16.6. The number of nitrogens with one attached hydrogen (secondary N) is 1. The van der Waals surface area contributed by atoms with E-state index in [2.05, 4.69) is 10.3 Å². The average molecular weight is 336 g/mol. The maximum Gasteiger partial charge on any atom is 0.233 e. The van der Waals surface area contributed by atoms with Gasteiger partial charge in [-0.1, -0.05) is 55.8 Å². The molecule has 128 valence electrons. The van der Waals surface area contributed by atoms with Crippen molar-refractivity contribution in [1.82, 2.24) is 4.98 Å². The number of aromatic hydroxyl groups is 1. The lowest BCUT2D eigenvalue weighted by Gasteiger charge is -2.03. The third-order valence-electron chi connectivity index (χ3n) is 3.82. The molecule has 5 heteroatoms. The molecule has 0 spiro atoms. The van der Waals surface area contributed by atoms with E-state index in [0.717, 1.165) is 18.4 Å². The standard InChI is InChI=1S/C20H20N2O3/c1-2-3-13-17(24)21-20-18(14-9-5-4-6-10-14)22-19(25-20)15-11-7-8-12-16(15)23/h4-12,23H,2-3,13H2,1H3,(H,21,24). The first kappa shape index (κ1) is 16.8. The molecule has 0 radical (unpaired) electrons. The van der Waals surface area contributed by atoms with Crippen molar-refractivity contribution >= 4 is 11.8 Å². The number of benzene rings is 2. The van der Waals surface area contributed by atoms with Gasteiger partial charge in [-0.3, -0.25) is 10.1 Å². The largest absolute Gasteiger partial charge is 0.507 e. The molecule has 0 unspecified atom stereocenters. The number of phenolic OH excluding ortho intramolecular Hbond substituents is 1. The summed E-state index contributed by atoms with van der Waals surface area (Å²) < 4.78 is 5.78. The molecule has 0 bridgehead atoms. The Morgan fingerprint density at radius 2 is 1.84 bits per heavy atom. The summed E-state index contributed by atoms with van der Waals surface area (Å²) >= 11 is 0. The number of unbranched alkanes of at least 4 members (excludes halogenated alkanes) is 1. The number of anilines is 1. The zero-order valence-corrected chi connectivity index (χ0v) is 14.0. The molecule has 0 aliphatic rings. The number of phenols is 1. The van der Waals surface area contributed by atoms with E-state index in [4.69, 9.17) is 4.42 Å². The molecule has 0 saturated carbocycles. The number of para-hydroxylation sites is 1. The fraction of sp³-hybridized carbons (Fsp3) is 0.200. The molecule has 1 aromatic heterocycles. The van der Waals surface area contributed by atoms with Gasteiger partial charge in [0.15, 0.2) is 0 Å². The van der Waals surface area contributed by atoms with Gasteiger partial charge in [-0.2, -0.15) is 0 Å². The van der Waals surface area contributed by atoms with Crippen LogP contribution in [0.3, 0.4) is 0 Å². The van der Waals surface area contributed by atoms with Gasteiger partial charge in [0.2, 0.25) is 17.7 Å². The van der Waals surface area contributed by atoms with Gasteiger partial charge in [0.1, 0.15) is 11.4 Å². The minimum absolute atomic E-state index is 0.0761. The molecule has 0 aliphatic carbocycles. The van der Waals surface area contributed by atoms with Gasteiger partial charge in [-0.15, -0.1) is 0 Å². The quantitative estimate of drug-likeness (QED) is 0.675. The number of hydrogen-bond acceptors (Lipinski definition) is 4. The molecule has 3 rings (SSSR count). The van der Waals surface area contributed by atoms with Crippen LogP contribution in [0, 0.1) is 0 Å². The van der Waals surface area contributed by atoms with Crippen molar-refractivity contribution in [3.63, 3.8) is 0 Å². The molecule has 5 nitrogen and oxygen atoms in total. The van der Waals surface area contributed by atoms with Crippen LogP contribution in [-0.2, 0) is 4.79 Å². The number of nitrogens with zero attached hydrogens (tertiary/aromatic N) is 1. The van der Waals surface area contributed by atoms with E-state index in [1.807, 2.05) is 37.3 Å². The number of hydrogen-bond donors (Lipinski definition) is 2. The van der Waals surface area contributed by atoms with Gasteiger partial charge in [0.25, 0.3) is 0 Å². The minimum atomic E-state index is -0.112. The van der Waals surface area contributed by atoms with E-state index in [9.17, 15) is 9.90 Å². The predicted octanol–water partition coefficient (Wildman–Crippen LogP) is 4.84. The predicted molar refractivity (Wildman–Crippen MR) is 97.2 cm³/mol. The van der Waals surface area contributed by atoms with Crippen LogP contribution < -0.4 is 5.32 Å². The van der Waals surface area contributed by atoms with Crippen molar-refractivity contribution in [3.05, 3.63) is 54.6 Å². The van der Waals surface area contributed by atoms with E-state index < -0.39 is 0 Å². The fourth-order valence-corrected chi connectivity index (χ4v) is 2.49. The Balaban J connectivity index is 2.00. The molecule has 1 amide bonds. The molecular formula is C20H20N2O3. The lowest BCUT2D eigenvalue weighted by atomic mass is 10.1.